The first kappa shape index (κ1) is 17.8. The van der Waals surface area contributed by atoms with Crippen molar-refractivity contribution >= 4 is 37.5 Å². The van der Waals surface area contributed by atoms with Crippen LogP contribution in [0, 0.1) is 4.77 Å². The molecule has 116 valence electrons. The van der Waals surface area contributed by atoms with E-state index in [1.165, 1.54) is 0 Å². The van der Waals surface area contributed by atoms with E-state index in [0.29, 0.717) is 0 Å². The van der Waals surface area contributed by atoms with E-state index in [4.69, 9.17) is 12.2 Å². The van der Waals surface area contributed by atoms with E-state index in [1.54, 1.807) is 0 Å². The number of aromatic nitrogens is 2. The molecule has 2 nitrogen and oxygen atoms in total. The molecule has 1 heterocycles. The molecule has 1 rings (SSSR count). The fraction of sp³-hybridized carbons (Fsp3) is 0.667. The van der Waals surface area contributed by atoms with Crippen molar-refractivity contribution < 1.29 is 26.3 Å². The van der Waals surface area contributed by atoms with E-state index in [-0.39, 0.29) is 14.8 Å². The molecule has 0 aliphatic heterocycles. The monoisotopic (exact) mass is 356 g/mol. The van der Waals surface area contributed by atoms with Crippen LogP contribution in [0.2, 0.25) is 0 Å². The van der Waals surface area contributed by atoms with Gasteiger partial charge in [0.15, 0.2) is 4.77 Å². The van der Waals surface area contributed by atoms with Crippen molar-refractivity contribution in [3.05, 3.63) is 4.77 Å². The van der Waals surface area contributed by atoms with Crippen molar-refractivity contribution in [3.63, 3.8) is 0 Å². The molecule has 0 saturated heterocycles. The van der Waals surface area contributed by atoms with E-state index in [0.717, 1.165) is 9.13 Å². The second-order valence-corrected chi connectivity index (χ2v) is 5.18. The molecule has 0 bridgehead atoms. The van der Waals surface area contributed by atoms with Gasteiger partial charge in [0, 0.05) is 13.1 Å². The van der Waals surface area contributed by atoms with Gasteiger partial charge in [-0.05, 0) is 12.2 Å². The lowest BCUT2D eigenvalue weighted by Gasteiger charge is -2.09. The Balaban J connectivity index is 2.97. The third-order valence-electron chi connectivity index (χ3n) is 2.41. The lowest BCUT2D eigenvalue weighted by Crippen LogP contribution is -2.14. The van der Waals surface area contributed by atoms with Gasteiger partial charge in [-0.3, -0.25) is 0 Å². The molecule has 0 N–H and O–H groups in total. The third-order valence-corrected chi connectivity index (χ3v) is 3.93. The average Bonchev–Trinajstić information content (AvgIpc) is 2.44. The molecule has 0 spiro atoms. The SMILES string of the molecule is FC(F)(F)CCn1c(S)c(S)n(CCC(F)(F)F)c1=S. The predicted molar refractivity (Wildman–Crippen MR) is 69.1 cm³/mol. The number of alkyl halides is 6. The maximum absolute atomic E-state index is 12.2. The minimum atomic E-state index is -4.39. The summed E-state index contributed by atoms with van der Waals surface area (Å²) in [6, 6.07) is 0. The Labute approximate surface area is 126 Å². The summed E-state index contributed by atoms with van der Waals surface area (Å²) >= 11 is 12.8. The van der Waals surface area contributed by atoms with Gasteiger partial charge < -0.3 is 9.13 Å². The van der Waals surface area contributed by atoms with Crippen molar-refractivity contribution in [3.8, 4) is 0 Å². The molecule has 0 aromatic carbocycles. The molecule has 20 heavy (non-hydrogen) atoms. The second-order valence-electron chi connectivity index (χ2n) is 3.96. The van der Waals surface area contributed by atoms with Gasteiger partial charge in [-0.2, -0.15) is 26.3 Å². The molecule has 0 amide bonds. The Hall–Kier alpha value is -0.290. The first-order valence-electron chi connectivity index (χ1n) is 5.27. The Morgan fingerprint density at radius 3 is 1.35 bits per heavy atom. The molecule has 1 aromatic rings. The molecule has 0 fully saturated rings. The van der Waals surface area contributed by atoms with Crippen molar-refractivity contribution in [1.29, 1.82) is 0 Å². The fourth-order valence-electron chi connectivity index (χ4n) is 1.45. The van der Waals surface area contributed by atoms with Crippen LogP contribution in [0.15, 0.2) is 10.1 Å². The standard InChI is InChI=1S/C9H10F6N2S3/c10-8(11,12)1-3-16-5(18)6(19)17(7(16)20)4-2-9(13,14)15/h18-19H,1-4H2. The maximum atomic E-state index is 12.2. The lowest BCUT2D eigenvalue weighted by molar-refractivity contribution is -0.137. The van der Waals surface area contributed by atoms with Crippen molar-refractivity contribution in [1.82, 2.24) is 9.13 Å². The number of nitrogens with zero attached hydrogens (tertiary/aromatic N) is 2. The van der Waals surface area contributed by atoms with Gasteiger partial charge in [0.1, 0.15) is 10.1 Å². The highest BCUT2D eigenvalue weighted by Crippen LogP contribution is 2.28. The van der Waals surface area contributed by atoms with Crippen LogP contribution in [0.25, 0.3) is 0 Å². The average molecular weight is 356 g/mol. The van der Waals surface area contributed by atoms with Gasteiger partial charge in [0.25, 0.3) is 0 Å². The van der Waals surface area contributed by atoms with Gasteiger partial charge >= 0.3 is 12.4 Å². The van der Waals surface area contributed by atoms with Gasteiger partial charge in [0.05, 0.1) is 12.8 Å². The first-order chi connectivity index (χ1) is 8.92. The zero-order valence-electron chi connectivity index (χ0n) is 9.79. The predicted octanol–water partition coefficient (Wildman–Crippen LogP) is 4.50. The molecule has 0 radical (unpaired) electrons. The molecule has 0 aliphatic carbocycles. The lowest BCUT2D eigenvalue weighted by atomic mass is 10.4. The number of thiol groups is 2. The molecule has 11 heteroatoms. The summed E-state index contributed by atoms with van der Waals surface area (Å²) in [5, 5.41) is 0.0366. The van der Waals surface area contributed by atoms with E-state index >= 15 is 0 Å². The Morgan fingerprint density at radius 1 is 0.800 bits per heavy atom. The van der Waals surface area contributed by atoms with Crippen LogP contribution in [0.1, 0.15) is 12.8 Å². The van der Waals surface area contributed by atoms with E-state index in [1.807, 2.05) is 0 Å². The number of halogens is 6. The number of hydrogen-bond acceptors (Lipinski definition) is 3. The molecule has 1 aromatic heterocycles. The van der Waals surface area contributed by atoms with Crippen molar-refractivity contribution in [2.75, 3.05) is 0 Å². The summed E-state index contributed by atoms with van der Waals surface area (Å²) in [5.41, 5.74) is 0. The van der Waals surface area contributed by atoms with Crippen LogP contribution in [0.5, 0.6) is 0 Å². The Bertz CT molecular complexity index is 483. The van der Waals surface area contributed by atoms with Gasteiger partial charge in [-0.1, -0.05) is 0 Å². The van der Waals surface area contributed by atoms with Crippen molar-refractivity contribution in [2.45, 2.75) is 48.3 Å². The first-order valence-corrected chi connectivity index (χ1v) is 6.57. The van der Waals surface area contributed by atoms with Crippen LogP contribution < -0.4 is 0 Å². The van der Waals surface area contributed by atoms with Crippen LogP contribution in [0.3, 0.4) is 0 Å². The number of rotatable bonds is 4. The zero-order valence-corrected chi connectivity index (χ0v) is 12.4. The maximum Gasteiger partial charge on any atom is 0.390 e. The Morgan fingerprint density at radius 2 is 1.10 bits per heavy atom. The summed E-state index contributed by atoms with van der Waals surface area (Å²) in [6.45, 7) is -1.01. The van der Waals surface area contributed by atoms with Gasteiger partial charge in [-0.25, -0.2) is 0 Å². The highest BCUT2D eigenvalue weighted by atomic mass is 32.1. The fourth-order valence-corrected chi connectivity index (χ4v) is 2.58. The summed E-state index contributed by atoms with van der Waals surface area (Å²) in [4.78, 5) is 0. The number of hydrogen-bond donors (Lipinski definition) is 2. The molecule has 0 saturated carbocycles. The van der Waals surface area contributed by atoms with Crippen LogP contribution in [-0.2, 0) is 13.1 Å². The van der Waals surface area contributed by atoms with Crippen molar-refractivity contribution in [2.24, 2.45) is 0 Å². The van der Waals surface area contributed by atoms with E-state index in [2.05, 4.69) is 25.3 Å². The topological polar surface area (TPSA) is 9.86 Å². The summed E-state index contributed by atoms with van der Waals surface area (Å²) < 4.78 is 74.9. The molecule has 0 atom stereocenters. The van der Waals surface area contributed by atoms with Gasteiger partial charge in [-0.15, -0.1) is 25.3 Å². The quantitative estimate of drug-likeness (QED) is 0.459. The molecular weight excluding hydrogens is 346 g/mol. The minimum absolute atomic E-state index is 0.0183. The van der Waals surface area contributed by atoms with Crippen LogP contribution in [-0.4, -0.2) is 21.5 Å². The third kappa shape index (κ3) is 4.92. The highest BCUT2D eigenvalue weighted by Gasteiger charge is 2.29. The normalized spacial score (nSPS) is 13.0. The second kappa shape index (κ2) is 6.22. The van der Waals surface area contributed by atoms with Crippen LogP contribution in [0.4, 0.5) is 26.3 Å². The molecule has 0 aliphatic rings. The highest BCUT2D eigenvalue weighted by molar-refractivity contribution is 7.83. The smallest absolute Gasteiger partial charge is 0.311 e. The number of imidazole rings is 1. The summed E-state index contributed by atoms with van der Waals surface area (Å²) in [7, 11) is 0. The largest absolute Gasteiger partial charge is 0.390 e. The van der Waals surface area contributed by atoms with E-state index in [9.17, 15) is 26.3 Å². The zero-order chi connectivity index (χ0) is 15.7. The van der Waals surface area contributed by atoms with Gasteiger partial charge in [0.2, 0.25) is 0 Å². The summed E-state index contributed by atoms with van der Waals surface area (Å²) in [5.74, 6) is 0. The Kier molecular flexibility index (Phi) is 5.53. The minimum Gasteiger partial charge on any atom is -0.311 e. The molecular formula is C9H10F6N2S3. The van der Waals surface area contributed by atoms with Crippen LogP contribution >= 0.6 is 37.5 Å². The molecule has 0 unspecified atom stereocenters. The van der Waals surface area contributed by atoms with E-state index < -0.39 is 38.3 Å². The summed E-state index contributed by atoms with van der Waals surface area (Å²) in [6.07, 6.45) is -11.1.